The lowest BCUT2D eigenvalue weighted by Crippen LogP contribution is -2.37. The van der Waals surface area contributed by atoms with E-state index in [-0.39, 0.29) is 23.8 Å². The number of hydrogen-bond acceptors (Lipinski definition) is 5. The van der Waals surface area contributed by atoms with E-state index in [2.05, 4.69) is 34.6 Å². The van der Waals surface area contributed by atoms with Crippen molar-refractivity contribution in [2.75, 3.05) is 6.54 Å². The second-order valence-electron chi connectivity index (χ2n) is 6.10. The van der Waals surface area contributed by atoms with Gasteiger partial charge in [0.05, 0.1) is 6.04 Å². The summed E-state index contributed by atoms with van der Waals surface area (Å²) in [6.45, 7) is 5.38. The van der Waals surface area contributed by atoms with Gasteiger partial charge in [0.25, 0.3) is 11.7 Å². The topological polar surface area (TPSA) is 80.0 Å². The first kappa shape index (κ1) is 13.5. The second-order valence-corrected chi connectivity index (χ2v) is 6.10. The van der Waals surface area contributed by atoms with E-state index in [1.807, 2.05) is 0 Å². The van der Waals surface area contributed by atoms with Crippen molar-refractivity contribution >= 4 is 5.91 Å². The van der Waals surface area contributed by atoms with Crippen LogP contribution in [0.2, 0.25) is 0 Å². The molecule has 2 heterocycles. The van der Waals surface area contributed by atoms with Crippen LogP contribution in [0.1, 0.15) is 62.1 Å². The molecule has 0 bridgehead atoms. The first-order valence-electron chi connectivity index (χ1n) is 7.53. The van der Waals surface area contributed by atoms with Crippen molar-refractivity contribution in [1.82, 2.24) is 20.8 Å². The van der Waals surface area contributed by atoms with E-state index < -0.39 is 0 Å². The van der Waals surface area contributed by atoms with Crippen LogP contribution in [0.15, 0.2) is 4.52 Å². The van der Waals surface area contributed by atoms with Gasteiger partial charge in [-0.25, -0.2) is 0 Å². The van der Waals surface area contributed by atoms with Crippen LogP contribution >= 0.6 is 0 Å². The van der Waals surface area contributed by atoms with Crippen LogP contribution in [0, 0.1) is 11.8 Å². The number of hydrogen-bond donors (Lipinski definition) is 2. The summed E-state index contributed by atoms with van der Waals surface area (Å²) in [5.74, 6) is 1.62. The molecule has 0 radical (unpaired) electrons. The fraction of sp³-hybridized carbons (Fsp3) is 0.786. The van der Waals surface area contributed by atoms with E-state index in [1.165, 1.54) is 0 Å². The summed E-state index contributed by atoms with van der Waals surface area (Å²) in [5.41, 5.74) is 0. The van der Waals surface area contributed by atoms with Gasteiger partial charge in [-0.05, 0) is 44.1 Å². The zero-order valence-electron chi connectivity index (χ0n) is 12.1. The lowest BCUT2D eigenvalue weighted by atomic mass is 9.98. The molecule has 6 heteroatoms. The Bertz CT molecular complexity index is 481. The molecule has 20 heavy (non-hydrogen) atoms. The van der Waals surface area contributed by atoms with Gasteiger partial charge >= 0.3 is 0 Å². The summed E-state index contributed by atoms with van der Waals surface area (Å²) in [5, 5.41) is 10.1. The molecular weight excluding hydrogens is 256 g/mol. The van der Waals surface area contributed by atoms with Crippen molar-refractivity contribution in [1.29, 1.82) is 0 Å². The highest BCUT2D eigenvalue weighted by Gasteiger charge is 2.32. The Labute approximate surface area is 118 Å². The number of rotatable bonds is 3. The van der Waals surface area contributed by atoms with Crippen LogP contribution in [0.25, 0.3) is 0 Å². The van der Waals surface area contributed by atoms with Gasteiger partial charge in [0, 0.05) is 6.04 Å². The minimum absolute atomic E-state index is 0.106. The quantitative estimate of drug-likeness (QED) is 0.879. The van der Waals surface area contributed by atoms with Crippen molar-refractivity contribution in [3.05, 3.63) is 11.7 Å². The third-order valence-electron chi connectivity index (χ3n) is 4.78. The maximum Gasteiger partial charge on any atom is 0.292 e. The van der Waals surface area contributed by atoms with Gasteiger partial charge in [-0.2, -0.15) is 4.98 Å². The summed E-state index contributed by atoms with van der Waals surface area (Å²) >= 11 is 0. The first-order valence-corrected chi connectivity index (χ1v) is 7.53. The van der Waals surface area contributed by atoms with Gasteiger partial charge in [-0.3, -0.25) is 4.79 Å². The maximum atomic E-state index is 12.2. The monoisotopic (exact) mass is 278 g/mol. The Kier molecular flexibility index (Phi) is 3.74. The normalized spacial score (nSPS) is 33.5. The Hall–Kier alpha value is -1.43. The molecule has 6 nitrogen and oxygen atoms in total. The van der Waals surface area contributed by atoms with E-state index in [1.54, 1.807) is 0 Å². The highest BCUT2D eigenvalue weighted by Crippen LogP contribution is 2.31. The molecule has 110 valence electrons. The van der Waals surface area contributed by atoms with Gasteiger partial charge in [0.2, 0.25) is 5.89 Å². The Morgan fingerprint density at radius 1 is 1.35 bits per heavy atom. The first-order chi connectivity index (χ1) is 9.65. The second kappa shape index (κ2) is 5.52. The summed E-state index contributed by atoms with van der Waals surface area (Å²) in [6, 6.07) is 0.332. The third kappa shape index (κ3) is 2.57. The number of carbonyl (C=O) groups excluding carboxylic acids is 1. The molecule has 4 unspecified atom stereocenters. The van der Waals surface area contributed by atoms with Gasteiger partial charge in [-0.15, -0.1) is 0 Å². The van der Waals surface area contributed by atoms with E-state index in [9.17, 15) is 4.79 Å². The Morgan fingerprint density at radius 2 is 2.20 bits per heavy atom. The van der Waals surface area contributed by atoms with Gasteiger partial charge in [0.15, 0.2) is 0 Å². The number of amides is 1. The molecule has 2 aliphatic rings. The Balaban J connectivity index is 1.62. The minimum atomic E-state index is -0.219. The molecular formula is C14H22N4O2. The smallest absolute Gasteiger partial charge is 0.292 e. The van der Waals surface area contributed by atoms with Gasteiger partial charge in [-0.1, -0.05) is 19.0 Å². The van der Waals surface area contributed by atoms with Gasteiger partial charge < -0.3 is 15.2 Å². The molecule has 1 aliphatic carbocycles. The number of carbonyl (C=O) groups is 1. The van der Waals surface area contributed by atoms with E-state index in [4.69, 9.17) is 4.52 Å². The average Bonchev–Trinajstić information content (AvgIpc) is 3.14. The molecule has 4 atom stereocenters. The van der Waals surface area contributed by atoms with Crippen molar-refractivity contribution < 1.29 is 9.32 Å². The molecule has 1 aromatic rings. The molecule has 1 saturated carbocycles. The number of nitrogens with one attached hydrogen (secondary N) is 2. The summed E-state index contributed by atoms with van der Waals surface area (Å²) in [4.78, 5) is 16.4. The molecule has 1 amide bonds. The molecule has 1 saturated heterocycles. The molecule has 1 aliphatic heterocycles. The van der Waals surface area contributed by atoms with Crippen molar-refractivity contribution in [3.63, 3.8) is 0 Å². The predicted octanol–water partition coefficient (Wildman–Crippen LogP) is 1.66. The summed E-state index contributed by atoms with van der Waals surface area (Å²) < 4.78 is 5.20. The summed E-state index contributed by atoms with van der Waals surface area (Å²) in [6.07, 6.45) is 4.28. The molecule has 3 rings (SSSR count). The van der Waals surface area contributed by atoms with E-state index in [0.717, 1.165) is 32.2 Å². The highest BCUT2D eigenvalue weighted by molar-refractivity contribution is 5.90. The number of aromatic nitrogens is 2. The lowest BCUT2D eigenvalue weighted by molar-refractivity contribution is 0.0913. The summed E-state index contributed by atoms with van der Waals surface area (Å²) in [7, 11) is 0. The largest absolute Gasteiger partial charge is 0.346 e. The molecule has 0 aromatic carbocycles. The minimum Gasteiger partial charge on any atom is -0.346 e. The van der Waals surface area contributed by atoms with Crippen LogP contribution in [0.5, 0.6) is 0 Å². The molecule has 2 N–H and O–H groups in total. The third-order valence-corrected chi connectivity index (χ3v) is 4.78. The molecule has 1 aromatic heterocycles. The standard InChI is InChI=1S/C14H22N4O2/c1-8-5-6-10(9(8)2)16-13(19)12-17-14(20-18-12)11-4-3-7-15-11/h8-11,15H,3-7H2,1-2H3,(H,16,19). The van der Waals surface area contributed by atoms with E-state index >= 15 is 0 Å². The van der Waals surface area contributed by atoms with Crippen LogP contribution in [0.3, 0.4) is 0 Å². The van der Waals surface area contributed by atoms with E-state index in [0.29, 0.717) is 17.7 Å². The van der Waals surface area contributed by atoms with Crippen molar-refractivity contribution in [2.24, 2.45) is 11.8 Å². The van der Waals surface area contributed by atoms with Crippen molar-refractivity contribution in [3.8, 4) is 0 Å². The lowest BCUT2D eigenvalue weighted by Gasteiger charge is -2.18. The highest BCUT2D eigenvalue weighted by atomic mass is 16.5. The molecule has 2 fully saturated rings. The zero-order valence-corrected chi connectivity index (χ0v) is 12.1. The fourth-order valence-electron chi connectivity index (χ4n) is 3.17. The van der Waals surface area contributed by atoms with Crippen LogP contribution < -0.4 is 10.6 Å². The van der Waals surface area contributed by atoms with Crippen LogP contribution in [0.4, 0.5) is 0 Å². The zero-order chi connectivity index (χ0) is 14.1. The van der Waals surface area contributed by atoms with Gasteiger partial charge in [0.1, 0.15) is 0 Å². The average molecular weight is 278 g/mol. The maximum absolute atomic E-state index is 12.2. The fourth-order valence-corrected chi connectivity index (χ4v) is 3.17. The van der Waals surface area contributed by atoms with Crippen LogP contribution in [-0.4, -0.2) is 28.6 Å². The molecule has 0 spiro atoms. The van der Waals surface area contributed by atoms with Crippen LogP contribution in [-0.2, 0) is 0 Å². The Morgan fingerprint density at radius 3 is 2.85 bits per heavy atom. The predicted molar refractivity (Wildman–Crippen MR) is 73.1 cm³/mol. The number of nitrogens with zero attached hydrogens (tertiary/aromatic N) is 2. The SMILES string of the molecule is CC1CCC(NC(=O)c2noc(C3CCCN3)n2)C1C. The van der Waals surface area contributed by atoms with Crippen molar-refractivity contribution in [2.45, 2.75) is 51.6 Å².